The Labute approximate surface area is 97.7 Å². The van der Waals surface area contributed by atoms with Gasteiger partial charge in [-0.3, -0.25) is 0 Å². The zero-order valence-electron chi connectivity index (χ0n) is 10.5. The molecule has 1 unspecified atom stereocenters. The Bertz CT molecular complexity index is 354. The minimum atomic E-state index is 0.512. The number of piperidine rings is 1. The van der Waals surface area contributed by atoms with Gasteiger partial charge in [0.25, 0.3) is 0 Å². The first kappa shape index (κ1) is 11.5. The number of aryl methyl sites for hydroxylation is 1. The van der Waals surface area contributed by atoms with E-state index in [0.717, 1.165) is 18.9 Å². The van der Waals surface area contributed by atoms with Crippen molar-refractivity contribution in [1.82, 2.24) is 15.3 Å². The molecule has 1 aliphatic rings. The maximum atomic E-state index is 4.67. The van der Waals surface area contributed by atoms with Crippen LogP contribution in [0, 0.1) is 6.92 Å². The second-order valence-electron chi connectivity index (χ2n) is 4.96. The van der Waals surface area contributed by atoms with Gasteiger partial charge in [0.2, 0.25) is 0 Å². The highest BCUT2D eigenvalue weighted by molar-refractivity contribution is 5.25. The third-order valence-electron chi connectivity index (χ3n) is 3.27. The van der Waals surface area contributed by atoms with Crippen LogP contribution in [0.15, 0.2) is 6.20 Å². The summed E-state index contributed by atoms with van der Waals surface area (Å²) in [7, 11) is 0. The molecule has 0 aliphatic carbocycles. The number of nitrogens with one attached hydrogen (secondary N) is 1. The highest BCUT2D eigenvalue weighted by Crippen LogP contribution is 2.28. The van der Waals surface area contributed by atoms with Crippen LogP contribution in [0.2, 0.25) is 0 Å². The fourth-order valence-corrected chi connectivity index (χ4v) is 2.35. The predicted molar refractivity (Wildman–Crippen MR) is 65.7 cm³/mol. The summed E-state index contributed by atoms with van der Waals surface area (Å²) in [5.41, 5.74) is 2.59. The van der Waals surface area contributed by atoms with Crippen LogP contribution in [0.3, 0.4) is 0 Å². The van der Waals surface area contributed by atoms with Crippen LogP contribution in [-0.2, 0) is 0 Å². The zero-order chi connectivity index (χ0) is 11.5. The summed E-state index contributed by atoms with van der Waals surface area (Å²) in [6.45, 7) is 8.62. The number of aromatic nitrogens is 2. The van der Waals surface area contributed by atoms with Gasteiger partial charge in [-0.2, -0.15) is 0 Å². The Hall–Kier alpha value is -0.960. The molecule has 3 heteroatoms. The van der Waals surface area contributed by atoms with E-state index in [0.29, 0.717) is 11.8 Å². The summed E-state index contributed by atoms with van der Waals surface area (Å²) in [6.07, 6.45) is 4.52. The molecule has 0 saturated carbocycles. The van der Waals surface area contributed by atoms with Gasteiger partial charge in [-0.25, -0.2) is 9.97 Å². The Balaban J connectivity index is 2.32. The molecule has 3 nitrogen and oxygen atoms in total. The third-order valence-corrected chi connectivity index (χ3v) is 3.27. The van der Waals surface area contributed by atoms with Crippen LogP contribution in [-0.4, -0.2) is 23.1 Å². The van der Waals surface area contributed by atoms with E-state index in [1.807, 2.05) is 13.1 Å². The van der Waals surface area contributed by atoms with Crippen molar-refractivity contribution in [2.45, 2.75) is 45.4 Å². The average Bonchev–Trinajstić information content (AvgIpc) is 2.29. The molecule has 16 heavy (non-hydrogen) atoms. The summed E-state index contributed by atoms with van der Waals surface area (Å²) < 4.78 is 0. The standard InChI is InChI=1S/C13H21N3/c1-9(2)12-8-15-10(3)16-13(12)11-5-4-6-14-7-11/h8-9,11,14H,4-7H2,1-3H3. The van der Waals surface area contributed by atoms with Crippen molar-refractivity contribution in [3.63, 3.8) is 0 Å². The number of rotatable bonds is 2. The van der Waals surface area contributed by atoms with Crippen molar-refractivity contribution in [1.29, 1.82) is 0 Å². The summed E-state index contributed by atoms with van der Waals surface area (Å²) in [6, 6.07) is 0. The third kappa shape index (κ3) is 2.40. The van der Waals surface area contributed by atoms with Gasteiger partial charge in [-0.15, -0.1) is 0 Å². The van der Waals surface area contributed by atoms with E-state index in [-0.39, 0.29) is 0 Å². The highest BCUT2D eigenvalue weighted by atomic mass is 14.9. The van der Waals surface area contributed by atoms with Crippen molar-refractivity contribution >= 4 is 0 Å². The topological polar surface area (TPSA) is 37.8 Å². The molecular formula is C13H21N3. The van der Waals surface area contributed by atoms with Crippen LogP contribution in [0.4, 0.5) is 0 Å². The lowest BCUT2D eigenvalue weighted by atomic mass is 9.89. The number of hydrogen-bond acceptors (Lipinski definition) is 3. The number of hydrogen-bond donors (Lipinski definition) is 1. The normalized spacial score (nSPS) is 21.4. The van der Waals surface area contributed by atoms with Crippen LogP contribution in [0.5, 0.6) is 0 Å². The Morgan fingerprint density at radius 1 is 1.44 bits per heavy atom. The van der Waals surface area contributed by atoms with Gasteiger partial charge in [0.1, 0.15) is 5.82 Å². The van der Waals surface area contributed by atoms with Crippen LogP contribution in [0.25, 0.3) is 0 Å². The summed E-state index contributed by atoms with van der Waals surface area (Å²) in [4.78, 5) is 8.99. The quantitative estimate of drug-likeness (QED) is 0.830. The van der Waals surface area contributed by atoms with Crippen LogP contribution in [0.1, 0.15) is 55.6 Å². The fourth-order valence-electron chi connectivity index (χ4n) is 2.35. The molecule has 1 N–H and O–H groups in total. The number of nitrogens with zero attached hydrogens (tertiary/aromatic N) is 2. The van der Waals surface area contributed by atoms with E-state index < -0.39 is 0 Å². The molecule has 1 atom stereocenters. The minimum absolute atomic E-state index is 0.512. The first-order chi connectivity index (χ1) is 7.68. The molecule has 2 rings (SSSR count). The summed E-state index contributed by atoms with van der Waals surface area (Å²) in [5.74, 6) is 1.98. The lowest BCUT2D eigenvalue weighted by molar-refractivity contribution is 0.449. The second kappa shape index (κ2) is 4.91. The van der Waals surface area contributed by atoms with Gasteiger partial charge in [0.05, 0.1) is 5.69 Å². The first-order valence-corrected chi connectivity index (χ1v) is 6.22. The molecule has 2 heterocycles. The summed E-state index contributed by atoms with van der Waals surface area (Å²) in [5, 5.41) is 3.46. The Morgan fingerprint density at radius 3 is 2.88 bits per heavy atom. The molecule has 0 aromatic carbocycles. The lowest BCUT2D eigenvalue weighted by Gasteiger charge is -2.25. The van der Waals surface area contributed by atoms with E-state index in [4.69, 9.17) is 0 Å². The molecule has 1 aromatic rings. The molecule has 0 bridgehead atoms. The van der Waals surface area contributed by atoms with Crippen molar-refractivity contribution in [3.05, 3.63) is 23.3 Å². The molecule has 0 spiro atoms. The average molecular weight is 219 g/mol. The van der Waals surface area contributed by atoms with E-state index in [2.05, 4.69) is 29.1 Å². The lowest BCUT2D eigenvalue weighted by Crippen LogP contribution is -2.29. The maximum absolute atomic E-state index is 4.67. The van der Waals surface area contributed by atoms with Crippen molar-refractivity contribution in [2.75, 3.05) is 13.1 Å². The zero-order valence-corrected chi connectivity index (χ0v) is 10.5. The Morgan fingerprint density at radius 2 is 2.25 bits per heavy atom. The second-order valence-corrected chi connectivity index (χ2v) is 4.96. The maximum Gasteiger partial charge on any atom is 0.125 e. The summed E-state index contributed by atoms with van der Waals surface area (Å²) >= 11 is 0. The fraction of sp³-hybridized carbons (Fsp3) is 0.692. The SMILES string of the molecule is Cc1ncc(C(C)C)c(C2CCCNC2)n1. The van der Waals surface area contributed by atoms with Gasteiger partial charge in [-0.05, 0) is 37.8 Å². The molecule has 1 aromatic heterocycles. The van der Waals surface area contributed by atoms with Gasteiger partial charge in [-0.1, -0.05) is 13.8 Å². The molecule has 88 valence electrons. The largest absolute Gasteiger partial charge is 0.316 e. The van der Waals surface area contributed by atoms with Crippen molar-refractivity contribution < 1.29 is 0 Å². The molecule has 1 aliphatic heterocycles. The minimum Gasteiger partial charge on any atom is -0.316 e. The smallest absolute Gasteiger partial charge is 0.125 e. The molecule has 1 saturated heterocycles. The van der Waals surface area contributed by atoms with E-state index in [9.17, 15) is 0 Å². The van der Waals surface area contributed by atoms with Crippen molar-refractivity contribution in [3.8, 4) is 0 Å². The van der Waals surface area contributed by atoms with E-state index in [1.54, 1.807) is 0 Å². The molecule has 0 amide bonds. The monoisotopic (exact) mass is 219 g/mol. The van der Waals surface area contributed by atoms with Gasteiger partial charge in [0, 0.05) is 18.7 Å². The van der Waals surface area contributed by atoms with E-state index in [1.165, 1.54) is 24.1 Å². The molecule has 1 fully saturated rings. The Kier molecular flexibility index (Phi) is 3.54. The predicted octanol–water partition coefficient (Wildman–Crippen LogP) is 2.38. The first-order valence-electron chi connectivity index (χ1n) is 6.22. The van der Waals surface area contributed by atoms with Crippen LogP contribution < -0.4 is 5.32 Å². The van der Waals surface area contributed by atoms with E-state index >= 15 is 0 Å². The highest BCUT2D eigenvalue weighted by Gasteiger charge is 2.21. The molecule has 0 radical (unpaired) electrons. The van der Waals surface area contributed by atoms with Crippen LogP contribution >= 0.6 is 0 Å². The van der Waals surface area contributed by atoms with Gasteiger partial charge in [0.15, 0.2) is 0 Å². The van der Waals surface area contributed by atoms with Gasteiger partial charge >= 0.3 is 0 Å². The van der Waals surface area contributed by atoms with Gasteiger partial charge < -0.3 is 5.32 Å². The van der Waals surface area contributed by atoms with Crippen molar-refractivity contribution in [2.24, 2.45) is 0 Å². The molecular weight excluding hydrogens is 198 g/mol.